The molecule has 7 N–H and O–H groups in total. The van der Waals surface area contributed by atoms with Gasteiger partial charge in [-0.15, -0.1) is 0 Å². The number of nitrogens with two attached hydrogens (primary N) is 1. The third-order valence-electron chi connectivity index (χ3n) is 5.73. The van der Waals surface area contributed by atoms with Crippen LogP contribution < -0.4 is 27.0 Å². The molecule has 0 saturated carbocycles. The lowest BCUT2D eigenvalue weighted by molar-refractivity contribution is -0.142. The number of benzene rings is 2. The van der Waals surface area contributed by atoms with Crippen molar-refractivity contribution in [2.45, 2.75) is 63.8 Å². The molecule has 5 atom stereocenters. The van der Waals surface area contributed by atoms with Gasteiger partial charge in [-0.1, -0.05) is 60.7 Å². The number of carbonyl (C=O) groups excluding carboxylic acids is 4. The van der Waals surface area contributed by atoms with E-state index in [9.17, 15) is 29.1 Å². The minimum Gasteiger partial charge on any atom is -0.480 e. The zero-order valence-electron chi connectivity index (χ0n) is 21.6. The molecule has 0 aromatic heterocycles. The molecule has 38 heavy (non-hydrogen) atoms. The van der Waals surface area contributed by atoms with Gasteiger partial charge in [-0.25, -0.2) is 4.79 Å². The largest absolute Gasteiger partial charge is 0.480 e. The van der Waals surface area contributed by atoms with Crippen molar-refractivity contribution in [2.24, 2.45) is 5.73 Å². The van der Waals surface area contributed by atoms with Crippen LogP contribution in [-0.4, -0.2) is 64.9 Å². The third kappa shape index (κ3) is 9.66. The second-order valence-corrected chi connectivity index (χ2v) is 9.09. The van der Waals surface area contributed by atoms with Crippen molar-refractivity contribution in [3.05, 3.63) is 71.8 Å². The first-order chi connectivity index (χ1) is 18.0. The van der Waals surface area contributed by atoms with Gasteiger partial charge in [0.05, 0.1) is 6.04 Å². The number of aliphatic carboxylic acids is 1. The second-order valence-electron chi connectivity index (χ2n) is 9.09. The molecule has 11 heteroatoms. The zero-order valence-corrected chi connectivity index (χ0v) is 21.6. The van der Waals surface area contributed by atoms with Crippen molar-refractivity contribution in [1.29, 1.82) is 0 Å². The number of carboxylic acid groups (broad SMARTS) is 1. The standard InChI is InChI=1S/C27H35N5O6/c1-16(28)23(33)29-17(2)24(34)30-18(3)25(35)31-21(14-19-10-6-4-7-11-19)26(36)32-22(27(37)38)15-20-12-8-5-9-13-20/h4-13,16-18,21-22H,14-15,28H2,1-3H3,(H,29,33)(H,30,34)(H,31,35)(H,32,36)(H,37,38)/t16-,17-,18-,21-,22-/m1/s1. The van der Waals surface area contributed by atoms with Crippen LogP contribution in [0, 0.1) is 0 Å². The molecule has 2 aromatic carbocycles. The lowest BCUT2D eigenvalue weighted by Gasteiger charge is -2.24. The van der Waals surface area contributed by atoms with Gasteiger partial charge < -0.3 is 32.1 Å². The number of hydrogen-bond donors (Lipinski definition) is 6. The van der Waals surface area contributed by atoms with E-state index in [0.717, 1.165) is 11.1 Å². The summed E-state index contributed by atoms with van der Waals surface area (Å²) in [6.07, 6.45) is 0.156. The Kier molecular flexibility index (Phi) is 11.4. The highest BCUT2D eigenvalue weighted by molar-refractivity contribution is 5.95. The minimum atomic E-state index is -1.22. The summed E-state index contributed by atoms with van der Waals surface area (Å²) >= 11 is 0. The highest BCUT2D eigenvalue weighted by Crippen LogP contribution is 2.07. The summed E-state index contributed by atoms with van der Waals surface area (Å²) in [6.45, 7) is 4.35. The molecule has 0 aliphatic carbocycles. The number of nitrogens with one attached hydrogen (secondary N) is 4. The summed E-state index contributed by atoms with van der Waals surface area (Å²) in [4.78, 5) is 62.1. The number of carboxylic acids is 1. The van der Waals surface area contributed by atoms with Crippen molar-refractivity contribution in [3.8, 4) is 0 Å². The van der Waals surface area contributed by atoms with Crippen LogP contribution in [0.4, 0.5) is 0 Å². The fourth-order valence-corrected chi connectivity index (χ4v) is 3.49. The predicted molar refractivity (Wildman–Crippen MR) is 141 cm³/mol. The molecule has 2 aromatic rings. The lowest BCUT2D eigenvalue weighted by Crippen LogP contribution is -2.57. The number of carbonyl (C=O) groups is 5. The Morgan fingerprint density at radius 2 is 1.03 bits per heavy atom. The Morgan fingerprint density at radius 3 is 1.47 bits per heavy atom. The van der Waals surface area contributed by atoms with Crippen molar-refractivity contribution in [3.63, 3.8) is 0 Å². The summed E-state index contributed by atoms with van der Waals surface area (Å²) < 4.78 is 0. The van der Waals surface area contributed by atoms with Gasteiger partial charge in [-0.2, -0.15) is 0 Å². The van der Waals surface area contributed by atoms with Gasteiger partial charge in [-0.3, -0.25) is 19.2 Å². The Hall–Kier alpha value is -4.25. The van der Waals surface area contributed by atoms with Gasteiger partial charge in [0.1, 0.15) is 24.2 Å². The number of hydrogen-bond acceptors (Lipinski definition) is 6. The lowest BCUT2D eigenvalue weighted by atomic mass is 10.0. The van der Waals surface area contributed by atoms with Gasteiger partial charge in [0.25, 0.3) is 0 Å². The van der Waals surface area contributed by atoms with E-state index in [-0.39, 0.29) is 12.8 Å². The fraction of sp³-hybridized carbons (Fsp3) is 0.370. The summed E-state index contributed by atoms with van der Waals surface area (Å²) in [5.74, 6) is -3.68. The van der Waals surface area contributed by atoms with Crippen LogP contribution in [0.2, 0.25) is 0 Å². The highest BCUT2D eigenvalue weighted by Gasteiger charge is 2.29. The molecule has 0 aliphatic heterocycles. The molecule has 4 amide bonds. The summed E-state index contributed by atoms with van der Waals surface area (Å²) in [5.41, 5.74) is 6.96. The van der Waals surface area contributed by atoms with E-state index in [2.05, 4.69) is 21.3 Å². The smallest absolute Gasteiger partial charge is 0.326 e. The predicted octanol–water partition coefficient (Wildman–Crippen LogP) is -0.117. The molecule has 0 fully saturated rings. The van der Waals surface area contributed by atoms with Crippen molar-refractivity contribution >= 4 is 29.6 Å². The molecule has 2 rings (SSSR count). The first-order valence-electron chi connectivity index (χ1n) is 12.3. The van der Waals surface area contributed by atoms with E-state index in [4.69, 9.17) is 5.73 Å². The molecule has 0 aliphatic rings. The van der Waals surface area contributed by atoms with Gasteiger partial charge in [0.2, 0.25) is 23.6 Å². The maximum atomic E-state index is 13.2. The molecule has 0 saturated heterocycles. The Morgan fingerprint density at radius 1 is 0.632 bits per heavy atom. The molecule has 0 unspecified atom stereocenters. The van der Waals surface area contributed by atoms with Gasteiger partial charge in [-0.05, 0) is 31.9 Å². The second kappa shape index (κ2) is 14.5. The average Bonchev–Trinajstić information content (AvgIpc) is 2.88. The molecule has 11 nitrogen and oxygen atoms in total. The average molecular weight is 526 g/mol. The molecular weight excluding hydrogens is 490 g/mol. The topological polar surface area (TPSA) is 180 Å². The van der Waals surface area contributed by atoms with E-state index >= 15 is 0 Å². The van der Waals surface area contributed by atoms with E-state index in [1.54, 1.807) is 60.7 Å². The molecule has 0 radical (unpaired) electrons. The number of amides is 4. The van der Waals surface area contributed by atoms with Crippen LogP contribution in [0.5, 0.6) is 0 Å². The SMILES string of the molecule is C[C@@H](N)C(=O)N[C@H](C)C(=O)N[C@H](C)C(=O)N[C@H](Cc1ccccc1)C(=O)N[C@H](Cc1ccccc1)C(=O)O. The van der Waals surface area contributed by atoms with Crippen LogP contribution in [0.25, 0.3) is 0 Å². The highest BCUT2D eigenvalue weighted by atomic mass is 16.4. The van der Waals surface area contributed by atoms with Crippen LogP contribution in [-0.2, 0) is 36.8 Å². The quantitative estimate of drug-likeness (QED) is 0.211. The molecular formula is C27H35N5O6. The normalized spacial score (nSPS) is 14.6. The maximum Gasteiger partial charge on any atom is 0.326 e. The van der Waals surface area contributed by atoms with Crippen LogP contribution in [0.15, 0.2) is 60.7 Å². The zero-order chi connectivity index (χ0) is 28.2. The number of rotatable bonds is 13. The first-order valence-corrected chi connectivity index (χ1v) is 12.3. The van der Waals surface area contributed by atoms with Crippen molar-refractivity contribution < 1.29 is 29.1 Å². The first kappa shape index (κ1) is 30.0. The van der Waals surface area contributed by atoms with Gasteiger partial charge in [0, 0.05) is 12.8 Å². The van der Waals surface area contributed by atoms with Gasteiger partial charge in [0.15, 0.2) is 0 Å². The van der Waals surface area contributed by atoms with E-state index < -0.39 is 59.8 Å². The van der Waals surface area contributed by atoms with E-state index in [1.807, 2.05) is 0 Å². The van der Waals surface area contributed by atoms with E-state index in [1.165, 1.54) is 20.8 Å². The van der Waals surface area contributed by atoms with E-state index in [0.29, 0.717) is 0 Å². The monoisotopic (exact) mass is 525 g/mol. The Labute approximate surface area is 221 Å². The van der Waals surface area contributed by atoms with Crippen LogP contribution >= 0.6 is 0 Å². The molecule has 0 heterocycles. The fourth-order valence-electron chi connectivity index (χ4n) is 3.49. The van der Waals surface area contributed by atoms with Crippen molar-refractivity contribution in [1.82, 2.24) is 21.3 Å². The molecule has 204 valence electrons. The van der Waals surface area contributed by atoms with Crippen LogP contribution in [0.3, 0.4) is 0 Å². The van der Waals surface area contributed by atoms with Crippen molar-refractivity contribution in [2.75, 3.05) is 0 Å². The minimum absolute atomic E-state index is 0.0609. The third-order valence-corrected chi connectivity index (χ3v) is 5.73. The van der Waals surface area contributed by atoms with Gasteiger partial charge >= 0.3 is 5.97 Å². The Bertz CT molecular complexity index is 1110. The summed E-state index contributed by atoms with van der Waals surface area (Å²) in [6, 6.07) is 12.6. The van der Waals surface area contributed by atoms with Crippen LogP contribution in [0.1, 0.15) is 31.9 Å². The summed E-state index contributed by atoms with van der Waals surface area (Å²) in [5, 5.41) is 19.7. The molecule has 0 bridgehead atoms. The Balaban J connectivity index is 2.11. The maximum absolute atomic E-state index is 13.2. The summed E-state index contributed by atoms with van der Waals surface area (Å²) in [7, 11) is 0. The molecule has 0 spiro atoms.